The van der Waals surface area contributed by atoms with Gasteiger partial charge < -0.3 is 10.5 Å². The lowest BCUT2D eigenvalue weighted by Gasteiger charge is -2.09. The predicted molar refractivity (Wildman–Crippen MR) is 61.1 cm³/mol. The van der Waals surface area contributed by atoms with Gasteiger partial charge >= 0.3 is 0 Å². The van der Waals surface area contributed by atoms with Crippen LogP contribution >= 0.6 is 11.6 Å². The van der Waals surface area contributed by atoms with Crippen LogP contribution in [0, 0.1) is 0 Å². The van der Waals surface area contributed by atoms with Gasteiger partial charge in [0, 0.05) is 13.2 Å². The second-order valence-corrected chi connectivity index (χ2v) is 4.08. The van der Waals surface area contributed by atoms with E-state index in [0.29, 0.717) is 11.6 Å². The van der Waals surface area contributed by atoms with Crippen LogP contribution < -0.4 is 5.73 Å². The Bertz CT molecular complexity index is 299. The second kappa shape index (κ2) is 6.10. The van der Waals surface area contributed by atoms with Crippen LogP contribution in [0.15, 0.2) is 6.20 Å². The summed E-state index contributed by atoms with van der Waals surface area (Å²) in [7, 11) is 1.67. The lowest BCUT2D eigenvalue weighted by molar-refractivity contribution is 0.182. The van der Waals surface area contributed by atoms with Crippen molar-refractivity contribution in [1.29, 1.82) is 0 Å². The zero-order valence-electron chi connectivity index (χ0n) is 9.24. The summed E-state index contributed by atoms with van der Waals surface area (Å²) in [5, 5.41) is 4.91. The zero-order chi connectivity index (χ0) is 11.3. The molecule has 1 aromatic heterocycles. The first-order valence-corrected chi connectivity index (χ1v) is 5.47. The molecule has 1 unspecified atom stereocenters. The number of aromatic nitrogens is 2. The van der Waals surface area contributed by atoms with Gasteiger partial charge in [0.2, 0.25) is 0 Å². The molecule has 5 heteroatoms. The fraction of sp³-hybridized carbons (Fsp3) is 0.700. The average Bonchev–Trinajstić information content (AvgIpc) is 2.53. The highest BCUT2D eigenvalue weighted by molar-refractivity contribution is 6.31. The summed E-state index contributed by atoms with van der Waals surface area (Å²) >= 11 is 6.04. The van der Waals surface area contributed by atoms with Crippen molar-refractivity contribution in [3.05, 3.63) is 16.9 Å². The van der Waals surface area contributed by atoms with E-state index in [0.717, 1.165) is 25.1 Å². The van der Waals surface area contributed by atoms with Crippen LogP contribution in [0.4, 0.5) is 0 Å². The number of nitrogens with zero attached hydrogens (tertiary/aromatic N) is 2. The highest BCUT2D eigenvalue weighted by atomic mass is 35.5. The standard InChI is InChI=1S/C10H18ClN3O/c1-8(12)3-4-10-9(11)7-13-14(10)5-6-15-2/h7-8H,3-6,12H2,1-2H3. The smallest absolute Gasteiger partial charge is 0.0817 e. The Balaban J connectivity index is 2.62. The van der Waals surface area contributed by atoms with Crippen LogP contribution in [-0.2, 0) is 17.7 Å². The lowest BCUT2D eigenvalue weighted by atomic mass is 10.1. The van der Waals surface area contributed by atoms with Crippen LogP contribution in [0.25, 0.3) is 0 Å². The summed E-state index contributed by atoms with van der Waals surface area (Å²) in [4.78, 5) is 0. The van der Waals surface area contributed by atoms with Crippen molar-refractivity contribution < 1.29 is 4.74 Å². The van der Waals surface area contributed by atoms with Gasteiger partial charge in [0.25, 0.3) is 0 Å². The molecular formula is C10H18ClN3O. The van der Waals surface area contributed by atoms with E-state index in [1.54, 1.807) is 13.3 Å². The van der Waals surface area contributed by atoms with E-state index in [-0.39, 0.29) is 6.04 Å². The molecule has 1 aromatic rings. The van der Waals surface area contributed by atoms with Gasteiger partial charge in [0.1, 0.15) is 0 Å². The van der Waals surface area contributed by atoms with Crippen LogP contribution in [0.5, 0.6) is 0 Å². The Kier molecular flexibility index (Phi) is 5.08. The summed E-state index contributed by atoms with van der Waals surface area (Å²) < 4.78 is 6.89. The molecule has 0 aliphatic carbocycles. The van der Waals surface area contributed by atoms with Gasteiger partial charge in [-0.3, -0.25) is 4.68 Å². The minimum Gasteiger partial charge on any atom is -0.383 e. The maximum Gasteiger partial charge on any atom is 0.0817 e. The number of nitrogens with two attached hydrogens (primary N) is 1. The highest BCUT2D eigenvalue weighted by Crippen LogP contribution is 2.17. The molecule has 0 amide bonds. The van der Waals surface area contributed by atoms with Gasteiger partial charge in [-0.2, -0.15) is 5.10 Å². The van der Waals surface area contributed by atoms with Crippen molar-refractivity contribution in [3.63, 3.8) is 0 Å². The molecule has 4 nitrogen and oxygen atoms in total. The second-order valence-electron chi connectivity index (χ2n) is 3.67. The monoisotopic (exact) mass is 231 g/mol. The van der Waals surface area contributed by atoms with Crippen LogP contribution in [-0.4, -0.2) is 29.5 Å². The molecule has 0 spiro atoms. The van der Waals surface area contributed by atoms with Crippen LogP contribution in [0.2, 0.25) is 5.02 Å². The third-order valence-electron chi connectivity index (χ3n) is 2.24. The third-order valence-corrected chi connectivity index (χ3v) is 2.56. The first-order chi connectivity index (χ1) is 7.15. The Morgan fingerprint density at radius 3 is 3.00 bits per heavy atom. The quantitative estimate of drug-likeness (QED) is 0.807. The van der Waals surface area contributed by atoms with Crippen molar-refractivity contribution in [3.8, 4) is 0 Å². The third kappa shape index (κ3) is 3.81. The molecule has 15 heavy (non-hydrogen) atoms. The molecule has 0 saturated carbocycles. The summed E-state index contributed by atoms with van der Waals surface area (Å²) in [5.41, 5.74) is 6.76. The van der Waals surface area contributed by atoms with Gasteiger partial charge in [-0.1, -0.05) is 11.6 Å². The van der Waals surface area contributed by atoms with Gasteiger partial charge in [-0.05, 0) is 19.8 Å². The fourth-order valence-corrected chi connectivity index (χ4v) is 1.61. The van der Waals surface area contributed by atoms with E-state index in [2.05, 4.69) is 5.10 Å². The number of methoxy groups -OCH3 is 1. The molecule has 1 atom stereocenters. The molecule has 0 radical (unpaired) electrons. The summed E-state index contributed by atoms with van der Waals surface area (Å²) in [6, 6.07) is 0.187. The van der Waals surface area contributed by atoms with E-state index in [9.17, 15) is 0 Å². The molecule has 0 bridgehead atoms. The molecular weight excluding hydrogens is 214 g/mol. The molecule has 0 aromatic carbocycles. The van der Waals surface area contributed by atoms with E-state index < -0.39 is 0 Å². The normalized spacial score (nSPS) is 13.1. The topological polar surface area (TPSA) is 53.1 Å². The molecule has 1 heterocycles. The predicted octanol–water partition coefficient (Wildman–Crippen LogP) is 1.46. The maximum absolute atomic E-state index is 6.04. The summed E-state index contributed by atoms with van der Waals surface area (Å²) in [5.74, 6) is 0. The van der Waals surface area contributed by atoms with Crippen molar-refractivity contribution in [1.82, 2.24) is 9.78 Å². The van der Waals surface area contributed by atoms with E-state index in [1.165, 1.54) is 0 Å². The Hall–Kier alpha value is -0.580. The molecule has 0 aliphatic heterocycles. The number of hydrogen-bond donors (Lipinski definition) is 1. The average molecular weight is 232 g/mol. The minimum atomic E-state index is 0.187. The Morgan fingerprint density at radius 2 is 2.40 bits per heavy atom. The molecule has 0 aliphatic rings. The number of ether oxygens (including phenoxy) is 1. The molecule has 1 rings (SSSR count). The van der Waals surface area contributed by atoms with Gasteiger partial charge in [-0.15, -0.1) is 0 Å². The molecule has 0 fully saturated rings. The van der Waals surface area contributed by atoms with Crippen molar-refractivity contribution in [2.75, 3.05) is 13.7 Å². The van der Waals surface area contributed by atoms with E-state index in [4.69, 9.17) is 22.1 Å². The Labute approximate surface area is 95.3 Å². The lowest BCUT2D eigenvalue weighted by Crippen LogP contribution is -2.17. The zero-order valence-corrected chi connectivity index (χ0v) is 10.00. The molecule has 2 N–H and O–H groups in total. The molecule has 0 saturated heterocycles. The fourth-order valence-electron chi connectivity index (χ4n) is 1.37. The number of rotatable bonds is 6. The number of hydrogen-bond acceptors (Lipinski definition) is 3. The van der Waals surface area contributed by atoms with Crippen LogP contribution in [0.1, 0.15) is 19.0 Å². The SMILES string of the molecule is COCCn1ncc(Cl)c1CCC(C)N. The highest BCUT2D eigenvalue weighted by Gasteiger charge is 2.09. The van der Waals surface area contributed by atoms with E-state index in [1.807, 2.05) is 11.6 Å². The van der Waals surface area contributed by atoms with Crippen molar-refractivity contribution in [2.24, 2.45) is 5.73 Å². The largest absolute Gasteiger partial charge is 0.383 e. The minimum absolute atomic E-state index is 0.187. The van der Waals surface area contributed by atoms with E-state index >= 15 is 0 Å². The van der Waals surface area contributed by atoms with Gasteiger partial charge in [0.15, 0.2) is 0 Å². The molecule has 86 valence electrons. The first-order valence-electron chi connectivity index (χ1n) is 5.10. The van der Waals surface area contributed by atoms with Crippen molar-refractivity contribution in [2.45, 2.75) is 32.4 Å². The van der Waals surface area contributed by atoms with Gasteiger partial charge in [-0.25, -0.2) is 0 Å². The Morgan fingerprint density at radius 1 is 1.67 bits per heavy atom. The maximum atomic E-state index is 6.04. The van der Waals surface area contributed by atoms with Gasteiger partial charge in [0.05, 0.1) is 30.1 Å². The van der Waals surface area contributed by atoms with Crippen molar-refractivity contribution >= 4 is 11.6 Å². The summed E-state index contributed by atoms with van der Waals surface area (Å²) in [6.45, 7) is 3.37. The first kappa shape index (κ1) is 12.5. The summed E-state index contributed by atoms with van der Waals surface area (Å²) in [6.07, 6.45) is 3.45. The number of halogens is 1. The van der Waals surface area contributed by atoms with Crippen LogP contribution in [0.3, 0.4) is 0 Å².